The lowest BCUT2D eigenvalue weighted by Gasteiger charge is -2.22. The maximum atomic E-state index is 13.0. The van der Waals surface area contributed by atoms with E-state index < -0.39 is 15.9 Å². The highest BCUT2D eigenvalue weighted by Gasteiger charge is 2.32. The van der Waals surface area contributed by atoms with Crippen molar-refractivity contribution in [2.45, 2.75) is 37.2 Å². The Morgan fingerprint density at radius 1 is 1.22 bits per heavy atom. The van der Waals surface area contributed by atoms with Crippen molar-refractivity contribution in [1.82, 2.24) is 10.2 Å². The largest absolute Gasteiger partial charge is 0.379 e. The number of amides is 2. The normalized spacial score (nSPS) is 13.9. The average Bonchev–Trinajstić information content (AvgIpc) is 3.45. The van der Waals surface area contributed by atoms with Crippen LogP contribution in [0.4, 0.5) is 9.18 Å². The van der Waals surface area contributed by atoms with E-state index in [9.17, 15) is 17.6 Å². The van der Waals surface area contributed by atoms with E-state index in [1.54, 1.807) is 17.0 Å². The zero-order chi connectivity index (χ0) is 19.4. The third-order valence-electron chi connectivity index (χ3n) is 4.14. The predicted molar refractivity (Wildman–Crippen MR) is 98.3 cm³/mol. The van der Waals surface area contributed by atoms with E-state index in [0.29, 0.717) is 13.1 Å². The summed E-state index contributed by atoms with van der Waals surface area (Å²) >= 11 is 0. The highest BCUT2D eigenvalue weighted by atomic mass is 32.2. The summed E-state index contributed by atoms with van der Waals surface area (Å²) in [4.78, 5) is 13.8. The first-order chi connectivity index (χ1) is 12.9. The summed E-state index contributed by atoms with van der Waals surface area (Å²) < 4.78 is 42.8. The summed E-state index contributed by atoms with van der Waals surface area (Å²) in [5.74, 6) is -0.384. The fourth-order valence-electron chi connectivity index (χ4n) is 2.67. The molecule has 144 valence electrons. The number of hydrogen-bond acceptors (Lipinski definition) is 4. The van der Waals surface area contributed by atoms with Gasteiger partial charge in [0.05, 0.1) is 0 Å². The van der Waals surface area contributed by atoms with Crippen LogP contribution >= 0.6 is 0 Å². The third-order valence-corrected chi connectivity index (χ3v) is 5.40. The molecule has 0 radical (unpaired) electrons. The van der Waals surface area contributed by atoms with Gasteiger partial charge in [0.15, 0.2) is 0 Å². The van der Waals surface area contributed by atoms with E-state index in [1.165, 1.54) is 6.07 Å². The standard InChI is InChI=1S/C19H21FN2O4S/c1-2-21-19(23)22(16-8-9-16)13-14-4-3-5-17(12-14)26-27(24,25)18-10-6-15(20)7-11-18/h3-7,10-12,16H,2,8-9,13H2,1H3,(H,21,23). The molecule has 2 aromatic rings. The zero-order valence-corrected chi connectivity index (χ0v) is 15.7. The van der Waals surface area contributed by atoms with Crippen LogP contribution in [-0.2, 0) is 16.7 Å². The van der Waals surface area contributed by atoms with Gasteiger partial charge >= 0.3 is 16.1 Å². The number of nitrogens with zero attached hydrogens (tertiary/aromatic N) is 1. The van der Waals surface area contributed by atoms with Gasteiger partial charge in [-0.2, -0.15) is 8.42 Å². The predicted octanol–water partition coefficient (Wildman–Crippen LogP) is 3.29. The first-order valence-corrected chi connectivity index (χ1v) is 10.1. The Labute approximate surface area is 158 Å². The highest BCUT2D eigenvalue weighted by molar-refractivity contribution is 7.87. The van der Waals surface area contributed by atoms with Crippen molar-refractivity contribution in [1.29, 1.82) is 0 Å². The van der Waals surface area contributed by atoms with E-state index in [2.05, 4.69) is 5.32 Å². The number of halogens is 1. The lowest BCUT2D eigenvalue weighted by molar-refractivity contribution is 0.192. The van der Waals surface area contributed by atoms with Crippen LogP contribution in [0.2, 0.25) is 0 Å². The number of benzene rings is 2. The monoisotopic (exact) mass is 392 g/mol. The van der Waals surface area contributed by atoms with E-state index in [1.807, 2.05) is 13.0 Å². The number of carbonyl (C=O) groups excluding carboxylic acids is 1. The van der Waals surface area contributed by atoms with Crippen molar-refractivity contribution < 1.29 is 21.8 Å². The molecule has 1 aliphatic carbocycles. The van der Waals surface area contributed by atoms with Gasteiger partial charge in [0.25, 0.3) is 0 Å². The molecular formula is C19H21FN2O4S. The minimum absolute atomic E-state index is 0.128. The van der Waals surface area contributed by atoms with Gasteiger partial charge in [-0.1, -0.05) is 12.1 Å². The molecule has 1 saturated carbocycles. The minimum atomic E-state index is -4.06. The Morgan fingerprint density at radius 3 is 2.56 bits per heavy atom. The van der Waals surface area contributed by atoms with Crippen LogP contribution in [0.1, 0.15) is 25.3 Å². The van der Waals surface area contributed by atoms with Gasteiger partial charge < -0.3 is 14.4 Å². The van der Waals surface area contributed by atoms with Gasteiger partial charge in [-0.3, -0.25) is 0 Å². The van der Waals surface area contributed by atoms with Crippen LogP contribution in [0.5, 0.6) is 5.75 Å². The van der Waals surface area contributed by atoms with Crippen molar-refractivity contribution in [3.8, 4) is 5.75 Å². The molecule has 1 aliphatic rings. The second kappa shape index (κ2) is 7.96. The van der Waals surface area contributed by atoms with Gasteiger partial charge in [-0.25, -0.2) is 9.18 Å². The Hall–Kier alpha value is -2.61. The van der Waals surface area contributed by atoms with Crippen molar-refractivity contribution in [3.05, 3.63) is 59.9 Å². The molecule has 0 atom stereocenters. The van der Waals surface area contributed by atoms with E-state index in [0.717, 1.165) is 42.7 Å². The molecule has 0 saturated heterocycles. The lowest BCUT2D eigenvalue weighted by atomic mass is 10.2. The number of carbonyl (C=O) groups is 1. The Kier molecular flexibility index (Phi) is 5.65. The molecule has 0 aromatic heterocycles. The molecule has 3 rings (SSSR count). The van der Waals surface area contributed by atoms with Crippen molar-refractivity contribution in [3.63, 3.8) is 0 Å². The second-order valence-electron chi connectivity index (χ2n) is 6.33. The van der Waals surface area contributed by atoms with Crippen LogP contribution < -0.4 is 9.50 Å². The number of urea groups is 1. The highest BCUT2D eigenvalue weighted by Crippen LogP contribution is 2.29. The van der Waals surface area contributed by atoms with E-state index in [-0.39, 0.29) is 22.7 Å². The van der Waals surface area contributed by atoms with Crippen LogP contribution in [0.15, 0.2) is 53.4 Å². The summed E-state index contributed by atoms with van der Waals surface area (Å²) in [6, 6.07) is 11.1. The first kappa shape index (κ1) is 19.2. The Bertz CT molecular complexity index is 912. The van der Waals surface area contributed by atoms with Gasteiger partial charge in [-0.05, 0) is 61.7 Å². The Balaban J connectivity index is 1.75. The second-order valence-corrected chi connectivity index (χ2v) is 7.88. The topological polar surface area (TPSA) is 75.7 Å². The molecule has 0 heterocycles. The van der Waals surface area contributed by atoms with Crippen LogP contribution in [-0.4, -0.2) is 31.9 Å². The first-order valence-electron chi connectivity index (χ1n) is 8.72. The SMILES string of the molecule is CCNC(=O)N(Cc1cccc(OS(=O)(=O)c2ccc(F)cc2)c1)C1CC1. The molecular weight excluding hydrogens is 371 g/mol. The molecule has 6 nitrogen and oxygen atoms in total. The number of nitrogens with one attached hydrogen (secondary N) is 1. The maximum absolute atomic E-state index is 13.0. The van der Waals surface area contributed by atoms with Gasteiger partial charge in [0, 0.05) is 19.1 Å². The average molecular weight is 392 g/mol. The summed E-state index contributed by atoms with van der Waals surface area (Å²) in [5, 5.41) is 2.80. The van der Waals surface area contributed by atoms with Crippen LogP contribution in [0, 0.1) is 5.82 Å². The molecule has 8 heteroatoms. The molecule has 1 N–H and O–H groups in total. The fraction of sp³-hybridized carbons (Fsp3) is 0.316. The third kappa shape index (κ3) is 4.97. The minimum Gasteiger partial charge on any atom is -0.379 e. The van der Waals surface area contributed by atoms with E-state index in [4.69, 9.17) is 4.18 Å². The van der Waals surface area contributed by atoms with E-state index >= 15 is 0 Å². The molecule has 2 aromatic carbocycles. The molecule has 1 fully saturated rings. The maximum Gasteiger partial charge on any atom is 0.339 e. The summed E-state index contributed by atoms with van der Waals surface area (Å²) in [6.07, 6.45) is 1.93. The molecule has 0 unspecified atom stereocenters. The fourth-order valence-corrected chi connectivity index (χ4v) is 3.60. The molecule has 2 amide bonds. The number of hydrogen-bond donors (Lipinski definition) is 1. The van der Waals surface area contributed by atoms with Gasteiger partial charge in [0.1, 0.15) is 16.5 Å². The molecule has 27 heavy (non-hydrogen) atoms. The summed E-state index contributed by atoms with van der Waals surface area (Å²) in [5.41, 5.74) is 0.764. The zero-order valence-electron chi connectivity index (χ0n) is 14.9. The van der Waals surface area contributed by atoms with Crippen LogP contribution in [0.3, 0.4) is 0 Å². The molecule has 0 bridgehead atoms. The van der Waals surface area contributed by atoms with Crippen molar-refractivity contribution >= 4 is 16.1 Å². The number of rotatable bonds is 7. The quantitative estimate of drug-likeness (QED) is 0.734. The van der Waals surface area contributed by atoms with Crippen LogP contribution in [0.25, 0.3) is 0 Å². The van der Waals surface area contributed by atoms with Gasteiger partial charge in [-0.15, -0.1) is 0 Å². The Morgan fingerprint density at radius 2 is 1.93 bits per heavy atom. The van der Waals surface area contributed by atoms with Gasteiger partial charge in [0.2, 0.25) is 0 Å². The lowest BCUT2D eigenvalue weighted by Crippen LogP contribution is -2.40. The summed E-state index contributed by atoms with van der Waals surface area (Å²) in [7, 11) is -4.06. The smallest absolute Gasteiger partial charge is 0.339 e. The summed E-state index contributed by atoms with van der Waals surface area (Å²) in [6.45, 7) is 2.77. The van der Waals surface area contributed by atoms with Crippen molar-refractivity contribution in [2.75, 3.05) is 6.54 Å². The molecule has 0 spiro atoms. The van der Waals surface area contributed by atoms with Crippen molar-refractivity contribution in [2.24, 2.45) is 0 Å². The molecule has 0 aliphatic heterocycles.